The zero-order valence-electron chi connectivity index (χ0n) is 12.0. The van der Waals surface area contributed by atoms with Crippen LogP contribution in [-0.4, -0.2) is 25.1 Å². The van der Waals surface area contributed by atoms with Crippen LogP contribution in [0.4, 0.5) is 5.13 Å². The molecule has 0 aliphatic carbocycles. The van der Waals surface area contributed by atoms with Crippen molar-refractivity contribution in [3.8, 4) is 0 Å². The summed E-state index contributed by atoms with van der Waals surface area (Å²) < 4.78 is 0. The first-order chi connectivity index (χ1) is 8.64. The van der Waals surface area contributed by atoms with Crippen LogP contribution in [0.15, 0.2) is 0 Å². The van der Waals surface area contributed by atoms with Crippen molar-refractivity contribution >= 4 is 16.5 Å². The minimum atomic E-state index is 0.531. The number of thiazole rings is 1. The van der Waals surface area contributed by atoms with Gasteiger partial charge in [0.15, 0.2) is 5.13 Å². The summed E-state index contributed by atoms with van der Waals surface area (Å²) in [5.41, 5.74) is 1.72. The lowest BCUT2D eigenvalue weighted by Crippen LogP contribution is -2.25. The monoisotopic (exact) mass is 267 g/mol. The van der Waals surface area contributed by atoms with E-state index >= 15 is 0 Å². The van der Waals surface area contributed by atoms with E-state index in [2.05, 4.69) is 31.0 Å². The van der Waals surface area contributed by atoms with Crippen LogP contribution in [0.5, 0.6) is 0 Å². The third-order valence-corrected chi connectivity index (χ3v) is 5.65. The van der Waals surface area contributed by atoms with Gasteiger partial charge >= 0.3 is 0 Å². The largest absolute Gasteiger partial charge is 0.348 e. The van der Waals surface area contributed by atoms with Crippen molar-refractivity contribution in [3.63, 3.8) is 0 Å². The van der Waals surface area contributed by atoms with Crippen molar-refractivity contribution in [2.75, 3.05) is 25.0 Å². The molecule has 2 rings (SSSR count). The van der Waals surface area contributed by atoms with Gasteiger partial charge < -0.3 is 10.2 Å². The fourth-order valence-corrected chi connectivity index (χ4v) is 3.90. The molecular weight excluding hydrogens is 242 g/mol. The highest BCUT2D eigenvalue weighted by molar-refractivity contribution is 7.15. The summed E-state index contributed by atoms with van der Waals surface area (Å²) in [6.07, 6.45) is 3.89. The number of nitrogens with zero attached hydrogens (tertiary/aromatic N) is 2. The van der Waals surface area contributed by atoms with E-state index in [1.165, 1.54) is 48.1 Å². The van der Waals surface area contributed by atoms with E-state index < -0.39 is 0 Å². The van der Waals surface area contributed by atoms with Gasteiger partial charge in [-0.2, -0.15) is 0 Å². The Morgan fingerprint density at radius 1 is 1.39 bits per heavy atom. The van der Waals surface area contributed by atoms with Crippen molar-refractivity contribution in [2.24, 2.45) is 5.41 Å². The second kappa shape index (κ2) is 5.57. The van der Waals surface area contributed by atoms with Crippen molar-refractivity contribution in [3.05, 3.63) is 10.6 Å². The van der Waals surface area contributed by atoms with Crippen LogP contribution in [0.1, 0.15) is 43.7 Å². The molecule has 0 spiro atoms. The van der Waals surface area contributed by atoms with E-state index in [1.807, 2.05) is 18.4 Å². The lowest BCUT2D eigenvalue weighted by atomic mass is 9.82. The fraction of sp³-hybridized carbons (Fsp3) is 0.786. The smallest absolute Gasteiger partial charge is 0.185 e. The van der Waals surface area contributed by atoms with Gasteiger partial charge in [0, 0.05) is 24.5 Å². The Morgan fingerprint density at radius 3 is 2.67 bits per heavy atom. The number of aryl methyl sites for hydroxylation is 1. The number of rotatable bonds is 5. The number of hydrogen-bond donors (Lipinski definition) is 1. The van der Waals surface area contributed by atoms with Crippen molar-refractivity contribution in [1.82, 2.24) is 10.3 Å². The maximum Gasteiger partial charge on any atom is 0.185 e. The van der Waals surface area contributed by atoms with Gasteiger partial charge in [-0.25, -0.2) is 4.98 Å². The quantitative estimate of drug-likeness (QED) is 0.888. The normalized spacial score (nSPS) is 18.6. The predicted octanol–water partition coefficient (Wildman–Crippen LogP) is 3.19. The molecule has 0 bridgehead atoms. The van der Waals surface area contributed by atoms with Gasteiger partial charge in [0.05, 0.1) is 5.69 Å². The van der Waals surface area contributed by atoms with Crippen LogP contribution >= 0.6 is 11.3 Å². The molecule has 0 saturated carbocycles. The van der Waals surface area contributed by atoms with E-state index in [4.69, 9.17) is 4.98 Å². The van der Waals surface area contributed by atoms with E-state index in [0.717, 1.165) is 6.54 Å². The van der Waals surface area contributed by atoms with Gasteiger partial charge in [0.1, 0.15) is 0 Å². The van der Waals surface area contributed by atoms with Crippen LogP contribution in [0, 0.1) is 12.3 Å². The molecule has 1 saturated heterocycles. The Kier molecular flexibility index (Phi) is 4.28. The maximum atomic E-state index is 4.75. The highest BCUT2D eigenvalue weighted by Crippen LogP contribution is 2.40. The second-order valence-corrected chi connectivity index (χ2v) is 6.48. The standard InChI is InChI=1S/C14H25N3S/c1-5-14(6-2)7-8-17(10-14)13-16-11(3)12(18-13)9-15-4/h15H,5-10H2,1-4H3. The third-order valence-electron chi connectivity index (χ3n) is 4.43. The van der Waals surface area contributed by atoms with Gasteiger partial charge in [0.25, 0.3) is 0 Å². The Hall–Kier alpha value is -0.610. The van der Waals surface area contributed by atoms with Gasteiger partial charge in [-0.05, 0) is 38.6 Å². The molecular formula is C14H25N3S. The maximum absolute atomic E-state index is 4.75. The van der Waals surface area contributed by atoms with Crippen molar-refractivity contribution in [2.45, 2.75) is 46.6 Å². The van der Waals surface area contributed by atoms with Gasteiger partial charge in [0.2, 0.25) is 0 Å². The van der Waals surface area contributed by atoms with E-state index in [9.17, 15) is 0 Å². The predicted molar refractivity (Wildman–Crippen MR) is 79.5 cm³/mol. The third kappa shape index (κ3) is 2.54. The van der Waals surface area contributed by atoms with Crippen LogP contribution in [0.25, 0.3) is 0 Å². The van der Waals surface area contributed by atoms with Gasteiger partial charge in [-0.15, -0.1) is 11.3 Å². The van der Waals surface area contributed by atoms with E-state index in [1.54, 1.807) is 0 Å². The zero-order valence-corrected chi connectivity index (χ0v) is 12.9. The number of anilines is 1. The van der Waals surface area contributed by atoms with Crippen molar-refractivity contribution < 1.29 is 0 Å². The van der Waals surface area contributed by atoms with E-state index in [0.29, 0.717) is 5.41 Å². The molecule has 4 heteroatoms. The molecule has 1 aromatic heterocycles. The summed E-state index contributed by atoms with van der Waals surface area (Å²) in [7, 11) is 1.99. The molecule has 1 aliphatic rings. The lowest BCUT2D eigenvalue weighted by Gasteiger charge is -2.26. The molecule has 1 aliphatic heterocycles. The number of hydrogen-bond acceptors (Lipinski definition) is 4. The van der Waals surface area contributed by atoms with Crippen LogP contribution < -0.4 is 10.2 Å². The molecule has 0 unspecified atom stereocenters. The first-order valence-electron chi connectivity index (χ1n) is 7.00. The van der Waals surface area contributed by atoms with Gasteiger partial charge in [-0.1, -0.05) is 13.8 Å². The molecule has 0 atom stereocenters. The summed E-state index contributed by atoms with van der Waals surface area (Å²) >= 11 is 1.86. The molecule has 1 fully saturated rings. The summed E-state index contributed by atoms with van der Waals surface area (Å²) in [5, 5.41) is 4.44. The minimum Gasteiger partial charge on any atom is -0.348 e. The SMILES string of the molecule is CCC1(CC)CCN(c2nc(C)c(CNC)s2)C1. The second-order valence-electron chi connectivity index (χ2n) is 5.41. The fourth-order valence-electron chi connectivity index (χ4n) is 2.80. The minimum absolute atomic E-state index is 0.531. The number of aromatic nitrogens is 1. The summed E-state index contributed by atoms with van der Waals surface area (Å²) in [6, 6.07) is 0. The summed E-state index contributed by atoms with van der Waals surface area (Å²) in [4.78, 5) is 8.61. The highest BCUT2D eigenvalue weighted by Gasteiger charge is 2.36. The molecule has 0 amide bonds. The Bertz CT molecular complexity index is 396. The molecule has 2 heterocycles. The molecule has 3 nitrogen and oxygen atoms in total. The molecule has 0 aromatic carbocycles. The van der Waals surface area contributed by atoms with Crippen LogP contribution in [0.2, 0.25) is 0 Å². The van der Waals surface area contributed by atoms with Crippen LogP contribution in [0.3, 0.4) is 0 Å². The number of nitrogens with one attached hydrogen (secondary N) is 1. The van der Waals surface area contributed by atoms with Crippen molar-refractivity contribution in [1.29, 1.82) is 0 Å². The molecule has 1 aromatic rings. The molecule has 1 N–H and O–H groups in total. The zero-order chi connectivity index (χ0) is 13.2. The van der Waals surface area contributed by atoms with Crippen LogP contribution in [-0.2, 0) is 6.54 Å². The average molecular weight is 267 g/mol. The average Bonchev–Trinajstić information content (AvgIpc) is 2.95. The Balaban J connectivity index is 2.12. The summed E-state index contributed by atoms with van der Waals surface area (Å²) in [6.45, 7) is 10.1. The first-order valence-corrected chi connectivity index (χ1v) is 7.81. The molecule has 102 valence electrons. The van der Waals surface area contributed by atoms with E-state index in [-0.39, 0.29) is 0 Å². The van der Waals surface area contributed by atoms with Gasteiger partial charge in [-0.3, -0.25) is 0 Å². The Morgan fingerprint density at radius 2 is 2.11 bits per heavy atom. The topological polar surface area (TPSA) is 28.2 Å². The Labute approximate surface area is 115 Å². The highest BCUT2D eigenvalue weighted by atomic mass is 32.1. The lowest BCUT2D eigenvalue weighted by molar-refractivity contribution is 0.301. The summed E-state index contributed by atoms with van der Waals surface area (Å²) in [5.74, 6) is 0. The molecule has 0 radical (unpaired) electrons. The molecule has 18 heavy (non-hydrogen) atoms. The first kappa shape index (κ1) is 13.8.